The minimum atomic E-state index is -0.663. The van der Waals surface area contributed by atoms with Crippen LogP contribution in [0, 0.1) is 11.7 Å². The number of nitrogens with one attached hydrogen (secondary N) is 1. The van der Waals surface area contributed by atoms with E-state index >= 15 is 0 Å². The first-order chi connectivity index (χ1) is 10.1. The summed E-state index contributed by atoms with van der Waals surface area (Å²) in [5.74, 6) is -0.417. The highest BCUT2D eigenvalue weighted by molar-refractivity contribution is 5.93. The molecule has 1 amide bonds. The molecule has 0 aliphatic carbocycles. The zero-order chi connectivity index (χ0) is 15.6. The van der Waals surface area contributed by atoms with Crippen molar-refractivity contribution in [1.82, 2.24) is 10.4 Å². The third-order valence-electron chi connectivity index (χ3n) is 4.19. The first-order valence-corrected chi connectivity index (χ1v) is 7.61. The number of halogens is 1. The van der Waals surface area contributed by atoms with Crippen molar-refractivity contribution in [3.05, 3.63) is 34.6 Å². The highest BCUT2D eigenvalue weighted by atomic mass is 19.1. The lowest BCUT2D eigenvalue weighted by molar-refractivity contribution is 0.0705. The van der Waals surface area contributed by atoms with E-state index in [4.69, 9.17) is 5.21 Å². The highest BCUT2D eigenvalue weighted by Gasteiger charge is 2.36. The van der Waals surface area contributed by atoms with E-state index in [1.165, 1.54) is 6.07 Å². The van der Waals surface area contributed by atoms with Crippen LogP contribution in [0.5, 0.6) is 0 Å². The second-order valence-corrected chi connectivity index (χ2v) is 5.57. The molecule has 1 aromatic rings. The van der Waals surface area contributed by atoms with Crippen molar-refractivity contribution in [3.63, 3.8) is 0 Å². The lowest BCUT2D eigenvalue weighted by Crippen LogP contribution is -2.32. The fourth-order valence-electron chi connectivity index (χ4n) is 3.39. The van der Waals surface area contributed by atoms with Crippen molar-refractivity contribution in [2.24, 2.45) is 5.92 Å². The lowest BCUT2D eigenvalue weighted by Gasteiger charge is -2.32. The Morgan fingerprint density at radius 2 is 2.14 bits per heavy atom. The van der Waals surface area contributed by atoms with E-state index in [0.29, 0.717) is 5.92 Å². The van der Waals surface area contributed by atoms with Gasteiger partial charge in [-0.2, -0.15) is 0 Å². The molecular weight excluding hydrogens is 271 g/mol. The average Bonchev–Trinajstić information content (AvgIpc) is 2.88. The van der Waals surface area contributed by atoms with Crippen molar-refractivity contribution in [3.8, 4) is 0 Å². The van der Waals surface area contributed by atoms with Gasteiger partial charge in [0.1, 0.15) is 5.82 Å². The molecule has 5 heteroatoms. The average molecular weight is 294 g/mol. The predicted octanol–water partition coefficient (Wildman–Crippen LogP) is 2.91. The van der Waals surface area contributed by atoms with Gasteiger partial charge >= 0.3 is 0 Å². The number of carbonyl (C=O) groups is 1. The molecule has 4 nitrogen and oxygen atoms in total. The zero-order valence-corrected chi connectivity index (χ0v) is 12.8. The van der Waals surface area contributed by atoms with Gasteiger partial charge in [-0.3, -0.25) is 14.9 Å². The van der Waals surface area contributed by atoms with E-state index in [9.17, 15) is 9.18 Å². The van der Waals surface area contributed by atoms with E-state index in [0.717, 1.165) is 37.1 Å². The van der Waals surface area contributed by atoms with Crippen LogP contribution in [0.2, 0.25) is 0 Å². The SMILES string of the molecule is CC.C[C@@H]1C[C@@H]2c3c(F)cc(C(=O)NO)cc3CCN2C1. The van der Waals surface area contributed by atoms with Crippen LogP contribution in [0.1, 0.15) is 54.7 Å². The van der Waals surface area contributed by atoms with Gasteiger partial charge < -0.3 is 0 Å². The van der Waals surface area contributed by atoms with Crippen molar-refractivity contribution in [2.45, 2.75) is 39.7 Å². The number of fused-ring (bicyclic) bond motifs is 3. The Morgan fingerprint density at radius 3 is 2.81 bits per heavy atom. The number of hydrogen-bond acceptors (Lipinski definition) is 3. The van der Waals surface area contributed by atoms with Crippen LogP contribution in [-0.2, 0) is 6.42 Å². The van der Waals surface area contributed by atoms with Gasteiger partial charge in [0.15, 0.2) is 0 Å². The summed E-state index contributed by atoms with van der Waals surface area (Å²) in [5.41, 5.74) is 3.37. The molecule has 0 radical (unpaired) electrons. The molecule has 21 heavy (non-hydrogen) atoms. The number of hydroxylamine groups is 1. The summed E-state index contributed by atoms with van der Waals surface area (Å²) in [6, 6.07) is 3.06. The van der Waals surface area contributed by atoms with Gasteiger partial charge in [0.05, 0.1) is 0 Å². The van der Waals surface area contributed by atoms with Crippen LogP contribution >= 0.6 is 0 Å². The number of carbonyl (C=O) groups excluding carboxylic acids is 1. The zero-order valence-electron chi connectivity index (χ0n) is 12.8. The van der Waals surface area contributed by atoms with E-state index in [1.54, 1.807) is 11.5 Å². The monoisotopic (exact) mass is 294 g/mol. The van der Waals surface area contributed by atoms with Crippen LogP contribution in [-0.4, -0.2) is 29.1 Å². The third kappa shape index (κ3) is 2.94. The van der Waals surface area contributed by atoms with Crippen molar-refractivity contribution in [2.75, 3.05) is 13.1 Å². The van der Waals surface area contributed by atoms with E-state index in [-0.39, 0.29) is 17.4 Å². The summed E-state index contributed by atoms with van der Waals surface area (Å²) in [5, 5.41) is 8.64. The summed E-state index contributed by atoms with van der Waals surface area (Å²) < 4.78 is 14.3. The molecule has 2 atom stereocenters. The molecule has 0 spiro atoms. The fraction of sp³-hybridized carbons (Fsp3) is 0.562. The molecule has 0 bridgehead atoms. The number of benzene rings is 1. The second kappa shape index (κ2) is 6.54. The molecule has 116 valence electrons. The normalized spacial score (nSPS) is 23.7. The molecule has 3 rings (SSSR count). The van der Waals surface area contributed by atoms with Crippen molar-refractivity contribution < 1.29 is 14.4 Å². The first kappa shape index (κ1) is 15.9. The first-order valence-electron chi connectivity index (χ1n) is 7.61. The molecular formula is C16H23FN2O2. The molecule has 0 saturated carbocycles. The topological polar surface area (TPSA) is 52.6 Å². The van der Waals surface area contributed by atoms with Gasteiger partial charge in [0.25, 0.3) is 5.91 Å². The van der Waals surface area contributed by atoms with Gasteiger partial charge in [-0.1, -0.05) is 20.8 Å². The maximum atomic E-state index is 14.3. The Bertz CT molecular complexity index is 533. The van der Waals surface area contributed by atoms with Gasteiger partial charge in [0, 0.05) is 30.3 Å². The second-order valence-electron chi connectivity index (χ2n) is 5.57. The summed E-state index contributed by atoms with van der Waals surface area (Å²) >= 11 is 0. The molecule has 2 aliphatic rings. The van der Waals surface area contributed by atoms with Crippen LogP contribution in [0.15, 0.2) is 12.1 Å². The summed E-state index contributed by atoms with van der Waals surface area (Å²) in [6.45, 7) is 8.11. The van der Waals surface area contributed by atoms with E-state index in [2.05, 4.69) is 11.8 Å². The molecule has 1 saturated heterocycles. The Labute approximate surface area is 124 Å². The number of hydrogen-bond donors (Lipinski definition) is 2. The van der Waals surface area contributed by atoms with Gasteiger partial charge in [-0.15, -0.1) is 0 Å². The summed E-state index contributed by atoms with van der Waals surface area (Å²) in [7, 11) is 0. The van der Waals surface area contributed by atoms with Crippen LogP contribution < -0.4 is 5.48 Å². The van der Waals surface area contributed by atoms with Gasteiger partial charge in [-0.05, 0) is 36.5 Å². The molecule has 0 unspecified atom stereocenters. The Hall–Kier alpha value is -1.46. The molecule has 0 aromatic heterocycles. The van der Waals surface area contributed by atoms with Crippen molar-refractivity contribution in [1.29, 1.82) is 0 Å². The van der Waals surface area contributed by atoms with E-state index < -0.39 is 5.91 Å². The van der Waals surface area contributed by atoms with Crippen LogP contribution in [0.25, 0.3) is 0 Å². The van der Waals surface area contributed by atoms with Crippen molar-refractivity contribution >= 4 is 5.91 Å². The fourth-order valence-corrected chi connectivity index (χ4v) is 3.39. The standard InChI is InChI=1S/C14H17FN2O2.C2H6/c1-8-4-12-13-9(2-3-17(12)7-8)5-10(6-11(13)15)14(18)16-19;1-2/h5-6,8,12,19H,2-4,7H2,1H3,(H,16,18);1-2H3/t8-,12-;/m1./s1. The lowest BCUT2D eigenvalue weighted by atomic mass is 9.89. The highest BCUT2D eigenvalue weighted by Crippen LogP contribution is 2.41. The molecule has 2 heterocycles. The largest absolute Gasteiger partial charge is 0.296 e. The van der Waals surface area contributed by atoms with Crippen LogP contribution in [0.4, 0.5) is 4.39 Å². The molecule has 2 N–H and O–H groups in total. The van der Waals surface area contributed by atoms with Gasteiger partial charge in [-0.25, -0.2) is 9.87 Å². The van der Waals surface area contributed by atoms with Crippen LogP contribution in [0.3, 0.4) is 0 Å². The summed E-state index contributed by atoms with van der Waals surface area (Å²) in [4.78, 5) is 13.7. The smallest absolute Gasteiger partial charge is 0.274 e. The van der Waals surface area contributed by atoms with E-state index in [1.807, 2.05) is 13.8 Å². The number of rotatable bonds is 1. The summed E-state index contributed by atoms with van der Waals surface area (Å²) in [6.07, 6.45) is 1.72. The quantitative estimate of drug-likeness (QED) is 0.618. The molecule has 2 aliphatic heterocycles. The maximum absolute atomic E-state index is 14.3. The van der Waals surface area contributed by atoms with Gasteiger partial charge in [0.2, 0.25) is 0 Å². The maximum Gasteiger partial charge on any atom is 0.274 e. The third-order valence-corrected chi connectivity index (χ3v) is 4.19. The Morgan fingerprint density at radius 1 is 1.43 bits per heavy atom. The molecule has 1 aromatic carbocycles. The predicted molar refractivity (Wildman–Crippen MR) is 78.8 cm³/mol. The minimum absolute atomic E-state index is 0.144. The number of nitrogens with zero attached hydrogens (tertiary/aromatic N) is 1. The number of amides is 1. The Balaban J connectivity index is 0.000000774. The minimum Gasteiger partial charge on any atom is -0.296 e. The Kier molecular flexibility index (Phi) is 4.96. The molecule has 1 fully saturated rings.